The van der Waals surface area contributed by atoms with E-state index < -0.39 is 34.8 Å². The molecule has 0 spiro atoms. The van der Waals surface area contributed by atoms with Crippen LogP contribution in [-0.4, -0.2) is 83.2 Å². The SMILES string of the molecule is COc1c(C)cnc(CN2C(=O)/C(=C/c3[nH]c(C)c(C(=O)NCCN4CCOCC4)c3C(F)(F)F)c3c(Cl)nc(N)nc32)c1C. The van der Waals surface area contributed by atoms with Crippen LogP contribution < -0.4 is 20.7 Å². The highest BCUT2D eigenvalue weighted by molar-refractivity contribution is 6.41. The molecule has 0 saturated carbocycles. The lowest BCUT2D eigenvalue weighted by Gasteiger charge is -2.26. The summed E-state index contributed by atoms with van der Waals surface area (Å²) in [6, 6.07) is 0. The van der Waals surface area contributed by atoms with Crippen molar-refractivity contribution in [2.24, 2.45) is 0 Å². The van der Waals surface area contributed by atoms with Crippen molar-refractivity contribution < 1.29 is 32.2 Å². The summed E-state index contributed by atoms with van der Waals surface area (Å²) in [7, 11) is 1.51. The predicted octanol–water partition coefficient (Wildman–Crippen LogP) is 3.54. The lowest BCUT2D eigenvalue weighted by Crippen LogP contribution is -2.41. The molecule has 2 aliphatic heterocycles. The predicted molar refractivity (Wildman–Crippen MR) is 161 cm³/mol. The minimum Gasteiger partial charge on any atom is -0.496 e. The molecule has 240 valence electrons. The molecule has 0 unspecified atom stereocenters. The lowest BCUT2D eigenvalue weighted by molar-refractivity contribution is -0.138. The minimum atomic E-state index is -4.95. The van der Waals surface area contributed by atoms with E-state index in [0.29, 0.717) is 49.9 Å². The van der Waals surface area contributed by atoms with Gasteiger partial charge in [0.2, 0.25) is 5.95 Å². The summed E-state index contributed by atoms with van der Waals surface area (Å²) in [5.41, 5.74) is 5.26. The first kappa shape index (κ1) is 32.2. The highest BCUT2D eigenvalue weighted by Gasteiger charge is 2.42. The van der Waals surface area contributed by atoms with Gasteiger partial charge in [0.25, 0.3) is 11.8 Å². The number of nitrogens with zero attached hydrogens (tertiary/aromatic N) is 5. The Kier molecular flexibility index (Phi) is 9.05. The van der Waals surface area contributed by atoms with E-state index in [2.05, 4.69) is 25.3 Å². The van der Waals surface area contributed by atoms with E-state index in [1.165, 1.54) is 18.9 Å². The number of carbonyl (C=O) groups is 2. The van der Waals surface area contributed by atoms with Crippen LogP contribution in [0.25, 0.3) is 11.6 Å². The van der Waals surface area contributed by atoms with Gasteiger partial charge < -0.3 is 25.5 Å². The number of ether oxygens (including phenoxy) is 2. The number of hydrogen-bond donors (Lipinski definition) is 3. The monoisotopic (exact) mass is 648 g/mol. The van der Waals surface area contributed by atoms with Crippen molar-refractivity contribution in [1.29, 1.82) is 0 Å². The Morgan fingerprint density at radius 3 is 2.62 bits per heavy atom. The molecule has 16 heteroatoms. The van der Waals surface area contributed by atoms with Crippen LogP contribution in [0, 0.1) is 20.8 Å². The van der Waals surface area contributed by atoms with Crippen LogP contribution in [0.2, 0.25) is 5.15 Å². The molecule has 3 aromatic heterocycles. The van der Waals surface area contributed by atoms with Crippen LogP contribution in [0.15, 0.2) is 6.20 Å². The number of hydrogen-bond acceptors (Lipinski definition) is 9. The Bertz CT molecular complexity index is 1680. The van der Waals surface area contributed by atoms with Gasteiger partial charge in [-0.1, -0.05) is 11.6 Å². The number of H-pyrrole nitrogens is 1. The van der Waals surface area contributed by atoms with Crippen LogP contribution in [0.3, 0.4) is 0 Å². The van der Waals surface area contributed by atoms with Gasteiger partial charge in [-0.15, -0.1) is 0 Å². The fourth-order valence-corrected chi connectivity index (χ4v) is 5.87. The molecule has 12 nitrogen and oxygen atoms in total. The number of fused-ring (bicyclic) bond motifs is 1. The number of nitrogens with two attached hydrogens (primary N) is 1. The van der Waals surface area contributed by atoms with Crippen molar-refractivity contribution in [1.82, 2.24) is 30.2 Å². The molecule has 1 saturated heterocycles. The highest BCUT2D eigenvalue weighted by atomic mass is 35.5. The van der Waals surface area contributed by atoms with E-state index in [9.17, 15) is 22.8 Å². The summed E-state index contributed by atoms with van der Waals surface area (Å²) in [6.07, 6.45) is -2.34. The maximum atomic E-state index is 14.6. The number of anilines is 2. The van der Waals surface area contributed by atoms with Crippen LogP contribution in [0.5, 0.6) is 5.75 Å². The Hall–Kier alpha value is -4.21. The van der Waals surface area contributed by atoms with E-state index in [1.807, 2.05) is 11.8 Å². The number of aryl methyl sites for hydroxylation is 2. The second kappa shape index (κ2) is 12.7. The van der Waals surface area contributed by atoms with Crippen LogP contribution in [0.4, 0.5) is 24.9 Å². The summed E-state index contributed by atoms with van der Waals surface area (Å²) in [4.78, 5) is 45.5. The van der Waals surface area contributed by atoms with Crippen molar-refractivity contribution >= 4 is 46.8 Å². The Labute approximate surface area is 261 Å². The van der Waals surface area contributed by atoms with Crippen molar-refractivity contribution in [2.45, 2.75) is 33.5 Å². The molecule has 5 rings (SSSR count). The molecule has 4 N–H and O–H groups in total. The van der Waals surface area contributed by atoms with E-state index in [0.717, 1.165) is 11.6 Å². The first-order chi connectivity index (χ1) is 21.3. The van der Waals surface area contributed by atoms with E-state index in [1.54, 1.807) is 13.1 Å². The third kappa shape index (κ3) is 6.32. The Balaban J connectivity index is 1.53. The van der Waals surface area contributed by atoms with Crippen LogP contribution in [-0.2, 0) is 22.3 Å². The quantitative estimate of drug-likeness (QED) is 0.246. The summed E-state index contributed by atoms with van der Waals surface area (Å²) < 4.78 is 54.5. The number of morpholine rings is 1. The number of halogens is 4. The van der Waals surface area contributed by atoms with Crippen molar-refractivity contribution in [2.75, 3.05) is 57.1 Å². The Morgan fingerprint density at radius 2 is 1.96 bits per heavy atom. The van der Waals surface area contributed by atoms with Gasteiger partial charge in [-0.25, -0.2) is 4.98 Å². The van der Waals surface area contributed by atoms with E-state index >= 15 is 0 Å². The molecule has 3 aromatic rings. The zero-order valence-electron chi connectivity index (χ0n) is 25.1. The maximum absolute atomic E-state index is 14.6. The van der Waals surface area contributed by atoms with Gasteiger partial charge >= 0.3 is 6.18 Å². The van der Waals surface area contributed by atoms with E-state index in [4.69, 9.17) is 26.8 Å². The molecule has 0 bridgehead atoms. The summed E-state index contributed by atoms with van der Waals surface area (Å²) in [5, 5.41) is 2.37. The minimum absolute atomic E-state index is 0.00415. The summed E-state index contributed by atoms with van der Waals surface area (Å²) >= 11 is 6.41. The normalized spacial score (nSPS) is 16.4. The number of amides is 2. The number of pyridine rings is 1. The van der Waals surface area contributed by atoms with Gasteiger partial charge in [0.15, 0.2) is 5.82 Å². The molecule has 2 aliphatic rings. The molecule has 2 amide bonds. The standard InChI is InChI=1S/C29H32ClF3N8O4/c1-14-12-36-19(15(2)23(14)44-4)13-41-25-21(24(30)38-28(34)39-25)17(27(41)43)11-18-22(29(31,32)33)20(16(3)37-18)26(42)35-5-6-40-7-9-45-10-8-40/h11-12,37H,5-10,13H2,1-4H3,(H,35,42)(H2,34,38,39)/b17-11+. The molecular weight excluding hydrogens is 617 g/mol. The van der Waals surface area contributed by atoms with Gasteiger partial charge in [-0.05, 0) is 26.8 Å². The number of aromatic nitrogens is 4. The molecule has 1 fully saturated rings. The second-order valence-electron chi connectivity index (χ2n) is 10.7. The van der Waals surface area contributed by atoms with Gasteiger partial charge in [-0.3, -0.25) is 24.4 Å². The fraction of sp³-hybridized carbons (Fsp3) is 0.414. The molecule has 5 heterocycles. The molecule has 0 atom stereocenters. The van der Waals surface area contributed by atoms with E-state index in [-0.39, 0.29) is 46.8 Å². The van der Waals surface area contributed by atoms with Crippen LogP contribution >= 0.6 is 11.6 Å². The third-order valence-electron chi connectivity index (χ3n) is 7.75. The number of methoxy groups -OCH3 is 1. The average molecular weight is 649 g/mol. The zero-order valence-corrected chi connectivity index (χ0v) is 25.8. The molecular formula is C29H32ClF3N8O4. The smallest absolute Gasteiger partial charge is 0.419 e. The maximum Gasteiger partial charge on any atom is 0.419 e. The number of rotatable bonds is 8. The first-order valence-corrected chi connectivity index (χ1v) is 14.4. The Morgan fingerprint density at radius 1 is 1.24 bits per heavy atom. The van der Waals surface area contributed by atoms with Gasteiger partial charge in [0.1, 0.15) is 10.9 Å². The van der Waals surface area contributed by atoms with Crippen molar-refractivity contribution in [3.05, 3.63) is 56.2 Å². The number of nitrogens with one attached hydrogen (secondary N) is 2. The summed E-state index contributed by atoms with van der Waals surface area (Å²) in [5.74, 6) is -1.23. The first-order valence-electron chi connectivity index (χ1n) is 14.1. The summed E-state index contributed by atoms with van der Waals surface area (Å²) in [6.45, 7) is 7.90. The lowest BCUT2D eigenvalue weighted by atomic mass is 10.0. The molecule has 0 aliphatic carbocycles. The number of carbonyl (C=O) groups excluding carboxylic acids is 2. The zero-order chi connectivity index (χ0) is 32.6. The van der Waals surface area contributed by atoms with Crippen molar-refractivity contribution in [3.63, 3.8) is 0 Å². The molecule has 0 radical (unpaired) electrons. The second-order valence-corrected chi connectivity index (χ2v) is 11.0. The van der Waals surface area contributed by atoms with Crippen molar-refractivity contribution in [3.8, 4) is 5.75 Å². The van der Waals surface area contributed by atoms with Gasteiger partial charge in [0.05, 0.1) is 60.5 Å². The molecule has 45 heavy (non-hydrogen) atoms. The van der Waals surface area contributed by atoms with Crippen LogP contribution in [0.1, 0.15) is 49.7 Å². The number of nitrogen functional groups attached to an aromatic ring is 1. The topological polar surface area (TPSA) is 152 Å². The largest absolute Gasteiger partial charge is 0.496 e. The average Bonchev–Trinajstić information content (AvgIpc) is 3.44. The van der Waals surface area contributed by atoms with Gasteiger partial charge in [0, 0.05) is 49.2 Å². The third-order valence-corrected chi connectivity index (χ3v) is 8.03. The number of aromatic amines is 1. The number of alkyl halides is 3. The van der Waals surface area contributed by atoms with Gasteiger partial charge in [-0.2, -0.15) is 18.2 Å². The molecule has 0 aromatic carbocycles. The fourth-order valence-electron chi connectivity index (χ4n) is 5.60. The highest BCUT2D eigenvalue weighted by Crippen LogP contribution is 2.44.